The molecule has 2 rings (SSSR count). The van der Waals surface area contributed by atoms with Crippen molar-refractivity contribution in [2.45, 2.75) is 19.0 Å². The molecule has 0 aliphatic heterocycles. The van der Waals surface area contributed by atoms with E-state index < -0.39 is 11.9 Å². The van der Waals surface area contributed by atoms with Crippen molar-refractivity contribution < 1.29 is 18.0 Å². The van der Waals surface area contributed by atoms with Crippen molar-refractivity contribution >= 4 is 58.5 Å². The minimum absolute atomic E-state index is 0. The van der Waals surface area contributed by atoms with Gasteiger partial charge in [0.25, 0.3) is 5.91 Å². The van der Waals surface area contributed by atoms with E-state index in [1.807, 2.05) is 11.4 Å². The zero-order chi connectivity index (χ0) is 19.7. The normalized spacial score (nSPS) is 11.6. The first-order valence-corrected chi connectivity index (χ1v) is 9.94. The number of amides is 1. The van der Waals surface area contributed by atoms with Gasteiger partial charge in [-0.2, -0.15) is 13.2 Å². The van der Waals surface area contributed by atoms with Crippen LogP contribution < -0.4 is 16.0 Å². The molecular weight excluding hydrogens is 526 g/mol. The van der Waals surface area contributed by atoms with Crippen LogP contribution in [0.3, 0.4) is 0 Å². The van der Waals surface area contributed by atoms with Crippen molar-refractivity contribution in [3.8, 4) is 0 Å². The zero-order valence-electron chi connectivity index (χ0n) is 15.0. The summed E-state index contributed by atoms with van der Waals surface area (Å²) in [6.07, 6.45) is -3.32. The molecule has 0 bridgehead atoms. The highest BCUT2D eigenvalue weighted by Gasteiger charge is 2.33. The predicted octanol–water partition coefficient (Wildman–Crippen LogP) is 3.37. The fourth-order valence-corrected chi connectivity index (χ4v) is 3.50. The maximum Gasteiger partial charge on any atom is 0.434 e. The Bertz CT molecular complexity index is 750. The minimum atomic E-state index is -4.40. The maximum atomic E-state index is 12.5. The molecule has 0 saturated heterocycles. The second kappa shape index (κ2) is 12.2. The van der Waals surface area contributed by atoms with Crippen LogP contribution in [-0.2, 0) is 12.6 Å². The maximum absolute atomic E-state index is 12.5. The Morgan fingerprint density at radius 2 is 1.89 bits per heavy atom. The molecule has 12 heteroatoms. The first kappa shape index (κ1) is 24.6. The molecule has 3 N–H and O–H groups in total. The molecular formula is C16H21F3IN5OS2. The van der Waals surface area contributed by atoms with Gasteiger partial charge in [-0.25, -0.2) is 4.98 Å². The minimum Gasteiger partial charge on any atom is -0.356 e. The van der Waals surface area contributed by atoms with Gasteiger partial charge >= 0.3 is 6.18 Å². The molecule has 2 aromatic rings. The number of hydrogen-bond donors (Lipinski definition) is 3. The first-order chi connectivity index (χ1) is 12.9. The lowest BCUT2D eigenvalue weighted by Gasteiger charge is -2.11. The van der Waals surface area contributed by atoms with Gasteiger partial charge in [-0.1, -0.05) is 6.07 Å². The van der Waals surface area contributed by atoms with E-state index in [1.54, 1.807) is 13.1 Å². The van der Waals surface area contributed by atoms with Crippen LogP contribution in [0.4, 0.5) is 13.2 Å². The van der Waals surface area contributed by atoms with Gasteiger partial charge in [0.2, 0.25) is 0 Å². The van der Waals surface area contributed by atoms with Crippen molar-refractivity contribution in [2.75, 3.05) is 26.7 Å². The molecule has 0 fully saturated rings. The van der Waals surface area contributed by atoms with Gasteiger partial charge in [0.05, 0.1) is 9.88 Å². The van der Waals surface area contributed by atoms with E-state index in [4.69, 9.17) is 0 Å². The summed E-state index contributed by atoms with van der Waals surface area (Å²) in [5.74, 6) is 0.460. The van der Waals surface area contributed by atoms with E-state index in [2.05, 4.69) is 25.9 Å². The second-order valence-electron chi connectivity index (χ2n) is 5.39. The molecule has 0 radical (unpaired) electrons. The largest absolute Gasteiger partial charge is 0.434 e. The number of carbonyl (C=O) groups excluding carboxylic acids is 1. The molecule has 28 heavy (non-hydrogen) atoms. The summed E-state index contributed by atoms with van der Waals surface area (Å²) >= 11 is 2.38. The number of thiazole rings is 1. The van der Waals surface area contributed by atoms with E-state index >= 15 is 0 Å². The van der Waals surface area contributed by atoms with Crippen molar-refractivity contribution in [1.29, 1.82) is 0 Å². The van der Waals surface area contributed by atoms with Gasteiger partial charge in [0.15, 0.2) is 11.7 Å². The SMILES string of the molecule is CN=C(NCCCNC(=O)c1cccs1)NCCc1nc(C(F)(F)F)cs1.I. The molecule has 0 unspecified atom stereocenters. The third kappa shape index (κ3) is 8.31. The summed E-state index contributed by atoms with van der Waals surface area (Å²) in [4.78, 5) is 20.1. The van der Waals surface area contributed by atoms with Crippen molar-refractivity contribution in [3.63, 3.8) is 0 Å². The Kier molecular flexibility index (Phi) is 10.7. The second-order valence-corrected chi connectivity index (χ2v) is 7.28. The van der Waals surface area contributed by atoms with E-state index in [9.17, 15) is 18.0 Å². The lowest BCUT2D eigenvalue weighted by atomic mass is 10.4. The fourth-order valence-electron chi connectivity index (χ4n) is 2.06. The smallest absolute Gasteiger partial charge is 0.356 e. The third-order valence-corrected chi connectivity index (χ3v) is 5.15. The number of alkyl halides is 3. The van der Waals surface area contributed by atoms with E-state index in [1.165, 1.54) is 11.3 Å². The average Bonchev–Trinajstić information content (AvgIpc) is 3.31. The van der Waals surface area contributed by atoms with Crippen molar-refractivity contribution in [3.05, 3.63) is 38.5 Å². The summed E-state index contributed by atoms with van der Waals surface area (Å²) in [6, 6.07) is 3.59. The Balaban J connectivity index is 0.00000392. The Hall–Kier alpha value is -1.41. The van der Waals surface area contributed by atoms with E-state index in [-0.39, 0.29) is 29.9 Å². The van der Waals surface area contributed by atoms with Crippen LogP contribution in [0.1, 0.15) is 26.8 Å². The number of nitrogens with one attached hydrogen (secondary N) is 3. The zero-order valence-corrected chi connectivity index (χ0v) is 19.0. The standard InChI is InChI=1S/C16H20F3N5OS2.HI/c1-20-15(22-7-3-6-21-14(25)11-4-2-9-26-11)23-8-5-13-24-12(10-27-13)16(17,18)19;/h2,4,9-10H,3,5-8H2,1H3,(H,21,25)(H2,20,22,23);1H. The Morgan fingerprint density at radius 3 is 2.50 bits per heavy atom. The molecule has 156 valence electrons. The summed E-state index contributed by atoms with van der Waals surface area (Å²) in [5.41, 5.74) is -0.852. The number of halogens is 4. The molecule has 0 saturated carbocycles. The van der Waals surface area contributed by atoms with Crippen LogP contribution in [0.5, 0.6) is 0 Å². The van der Waals surface area contributed by atoms with Gasteiger partial charge in [0.1, 0.15) is 0 Å². The highest BCUT2D eigenvalue weighted by molar-refractivity contribution is 14.0. The van der Waals surface area contributed by atoms with Gasteiger partial charge in [-0.3, -0.25) is 9.79 Å². The number of aromatic nitrogens is 1. The van der Waals surface area contributed by atoms with Gasteiger partial charge < -0.3 is 16.0 Å². The highest BCUT2D eigenvalue weighted by Crippen LogP contribution is 2.29. The molecule has 2 heterocycles. The number of rotatable bonds is 8. The number of guanidine groups is 1. The lowest BCUT2D eigenvalue weighted by Crippen LogP contribution is -2.39. The molecule has 0 aromatic carbocycles. The van der Waals surface area contributed by atoms with Crippen molar-refractivity contribution in [1.82, 2.24) is 20.9 Å². The molecule has 6 nitrogen and oxygen atoms in total. The first-order valence-electron chi connectivity index (χ1n) is 8.18. The topological polar surface area (TPSA) is 78.4 Å². The number of nitrogens with zero attached hydrogens (tertiary/aromatic N) is 2. The number of hydrogen-bond acceptors (Lipinski definition) is 5. The van der Waals surface area contributed by atoms with Gasteiger partial charge in [-0.15, -0.1) is 46.7 Å². The third-order valence-electron chi connectivity index (χ3n) is 3.37. The average molecular weight is 547 g/mol. The fraction of sp³-hybridized carbons (Fsp3) is 0.438. The monoisotopic (exact) mass is 547 g/mol. The van der Waals surface area contributed by atoms with Crippen LogP contribution in [-0.4, -0.2) is 43.5 Å². The van der Waals surface area contributed by atoms with Crippen LogP contribution in [0, 0.1) is 0 Å². The predicted molar refractivity (Wildman–Crippen MR) is 117 cm³/mol. The van der Waals surface area contributed by atoms with Gasteiger partial charge in [0, 0.05) is 38.5 Å². The summed E-state index contributed by atoms with van der Waals surface area (Å²) in [6.45, 7) is 1.54. The Morgan fingerprint density at radius 1 is 1.18 bits per heavy atom. The summed E-state index contributed by atoms with van der Waals surface area (Å²) < 4.78 is 37.5. The van der Waals surface area contributed by atoms with E-state index in [0.717, 1.165) is 16.7 Å². The lowest BCUT2D eigenvalue weighted by molar-refractivity contribution is -0.140. The molecule has 0 atom stereocenters. The molecule has 1 amide bonds. The molecule has 2 aromatic heterocycles. The van der Waals surface area contributed by atoms with Crippen LogP contribution in [0.25, 0.3) is 0 Å². The number of aliphatic imine (C=N–C) groups is 1. The quantitative estimate of drug-likeness (QED) is 0.205. The Labute approximate surface area is 186 Å². The molecule has 0 aliphatic rings. The summed E-state index contributed by atoms with van der Waals surface area (Å²) in [7, 11) is 1.61. The summed E-state index contributed by atoms with van der Waals surface area (Å²) in [5, 5.41) is 12.2. The molecule has 0 spiro atoms. The van der Waals surface area contributed by atoms with E-state index in [0.29, 0.717) is 48.3 Å². The highest BCUT2D eigenvalue weighted by atomic mass is 127. The van der Waals surface area contributed by atoms with Crippen LogP contribution >= 0.6 is 46.7 Å². The van der Waals surface area contributed by atoms with Gasteiger partial charge in [-0.05, 0) is 17.9 Å². The number of carbonyl (C=O) groups is 1. The van der Waals surface area contributed by atoms with Crippen LogP contribution in [0.2, 0.25) is 0 Å². The van der Waals surface area contributed by atoms with Crippen molar-refractivity contribution in [2.24, 2.45) is 4.99 Å². The number of thiophene rings is 1. The van der Waals surface area contributed by atoms with Crippen LogP contribution in [0.15, 0.2) is 27.9 Å². The molecule has 0 aliphatic carbocycles.